The Balaban J connectivity index is 1.78. The minimum atomic E-state index is -2.81. The van der Waals surface area contributed by atoms with Gasteiger partial charge in [-0.25, -0.2) is 8.42 Å². The molecule has 0 aromatic rings. The van der Waals surface area contributed by atoms with Crippen molar-refractivity contribution in [3.63, 3.8) is 0 Å². The second kappa shape index (κ2) is 2.75. The molecule has 0 bridgehead atoms. The molecular weight excluding hydrogens is 216 g/mol. The third-order valence-electron chi connectivity index (χ3n) is 4.56. The monoisotopic (exact) mass is 230 g/mol. The van der Waals surface area contributed by atoms with Gasteiger partial charge in [0, 0.05) is 0 Å². The van der Waals surface area contributed by atoms with E-state index in [0.717, 1.165) is 0 Å². The van der Waals surface area contributed by atoms with Crippen molar-refractivity contribution in [1.29, 1.82) is 0 Å². The second-order valence-corrected chi connectivity index (χ2v) is 7.39. The van der Waals surface area contributed by atoms with Crippen molar-refractivity contribution >= 4 is 15.8 Å². The fraction of sp³-hybridized carbons (Fsp3) is 0.900. The van der Waals surface area contributed by atoms with E-state index in [2.05, 4.69) is 0 Å². The van der Waals surface area contributed by atoms with Crippen LogP contribution in [-0.4, -0.2) is 31.0 Å². The summed E-state index contributed by atoms with van der Waals surface area (Å²) in [6.07, 6.45) is 1.41. The van der Waals surface area contributed by atoms with Crippen molar-refractivity contribution in [1.82, 2.24) is 0 Å². The van der Waals surface area contributed by atoms with Gasteiger partial charge in [0.2, 0.25) is 0 Å². The van der Waals surface area contributed by atoms with E-state index in [1.54, 1.807) is 0 Å². The Morgan fingerprint density at radius 2 is 1.47 bits per heavy atom. The lowest BCUT2D eigenvalue weighted by molar-refractivity contribution is -0.141. The molecule has 4 nitrogen and oxygen atoms in total. The van der Waals surface area contributed by atoms with Crippen molar-refractivity contribution in [2.75, 3.05) is 11.5 Å². The predicted molar refractivity (Wildman–Crippen MR) is 53.0 cm³/mol. The molecule has 2 saturated carbocycles. The molecule has 4 atom stereocenters. The molecule has 3 fully saturated rings. The van der Waals surface area contributed by atoms with Crippen LogP contribution in [0.2, 0.25) is 0 Å². The molecule has 2 aliphatic carbocycles. The van der Waals surface area contributed by atoms with Crippen LogP contribution in [0.1, 0.15) is 12.8 Å². The Morgan fingerprint density at radius 3 is 1.87 bits per heavy atom. The lowest BCUT2D eigenvalue weighted by atomic mass is 9.60. The molecule has 3 rings (SSSR count). The fourth-order valence-corrected chi connectivity index (χ4v) is 6.23. The first kappa shape index (κ1) is 9.63. The van der Waals surface area contributed by atoms with Crippen molar-refractivity contribution in [3.05, 3.63) is 0 Å². The van der Waals surface area contributed by atoms with E-state index in [-0.39, 0.29) is 17.8 Å². The molecule has 3 aliphatic rings. The Hall–Kier alpha value is -0.580. The molecule has 0 unspecified atom stereocenters. The van der Waals surface area contributed by atoms with E-state index in [9.17, 15) is 13.2 Å². The quantitative estimate of drug-likeness (QED) is 0.707. The number of fused-ring (bicyclic) bond motifs is 4. The van der Waals surface area contributed by atoms with Crippen LogP contribution < -0.4 is 0 Å². The van der Waals surface area contributed by atoms with Gasteiger partial charge in [-0.2, -0.15) is 0 Å². The van der Waals surface area contributed by atoms with Crippen LogP contribution in [0, 0.1) is 29.6 Å². The maximum atomic E-state index is 11.4. The maximum Gasteiger partial charge on any atom is 0.306 e. The maximum absolute atomic E-state index is 11.4. The second-order valence-electron chi connectivity index (χ2n) is 5.24. The summed E-state index contributed by atoms with van der Waals surface area (Å²) in [5.74, 6) is 1.03. The van der Waals surface area contributed by atoms with E-state index >= 15 is 0 Å². The van der Waals surface area contributed by atoms with Crippen LogP contribution >= 0.6 is 0 Å². The Labute approximate surface area is 88.6 Å². The average molecular weight is 230 g/mol. The smallest absolute Gasteiger partial charge is 0.306 e. The van der Waals surface area contributed by atoms with Crippen molar-refractivity contribution in [2.24, 2.45) is 29.6 Å². The van der Waals surface area contributed by atoms with E-state index < -0.39 is 15.8 Å². The van der Waals surface area contributed by atoms with E-state index in [0.29, 0.717) is 36.2 Å². The first-order valence-corrected chi connectivity index (χ1v) is 7.23. The molecule has 1 aliphatic heterocycles. The first-order valence-electron chi connectivity index (χ1n) is 5.41. The number of aliphatic carboxylic acids is 1. The minimum absolute atomic E-state index is 0.215. The lowest BCUT2D eigenvalue weighted by Gasteiger charge is -2.43. The predicted octanol–water partition coefficient (Wildman–Crippen LogP) is 0.388. The lowest BCUT2D eigenvalue weighted by Crippen LogP contribution is -2.42. The van der Waals surface area contributed by atoms with E-state index in [1.807, 2.05) is 0 Å². The molecule has 1 heterocycles. The summed E-state index contributed by atoms with van der Waals surface area (Å²) in [5.41, 5.74) is 0. The largest absolute Gasteiger partial charge is 0.481 e. The van der Waals surface area contributed by atoms with Crippen LogP contribution in [0.15, 0.2) is 0 Å². The molecule has 0 radical (unpaired) electrons. The molecule has 1 N–H and O–H groups in total. The SMILES string of the molecule is O=C(O)C1C[C@@H]2[C@@H](C1)[C@@H]1CS(=O)(=O)C[C@@H]21. The molecule has 5 heteroatoms. The number of carboxylic acids is 1. The van der Waals surface area contributed by atoms with Crippen molar-refractivity contribution < 1.29 is 18.3 Å². The topological polar surface area (TPSA) is 71.4 Å². The fourth-order valence-electron chi connectivity index (χ4n) is 3.93. The van der Waals surface area contributed by atoms with E-state index in [4.69, 9.17) is 5.11 Å². The molecule has 15 heavy (non-hydrogen) atoms. The normalized spacial score (nSPS) is 46.9. The van der Waals surface area contributed by atoms with Crippen LogP contribution in [-0.2, 0) is 14.6 Å². The van der Waals surface area contributed by atoms with Gasteiger partial charge in [-0.1, -0.05) is 0 Å². The van der Waals surface area contributed by atoms with Gasteiger partial charge in [0.15, 0.2) is 9.84 Å². The third-order valence-corrected chi connectivity index (χ3v) is 6.34. The highest BCUT2D eigenvalue weighted by Gasteiger charge is 2.60. The standard InChI is InChI=1S/C10H14O4S/c11-10(12)5-1-6-7(2-5)9-4-15(13,14)3-8(6)9/h5-9H,1-4H2,(H,11,12)/t6-,7-,8+,9+/m1/s1. The van der Waals surface area contributed by atoms with Gasteiger partial charge < -0.3 is 5.11 Å². The van der Waals surface area contributed by atoms with Gasteiger partial charge >= 0.3 is 5.97 Å². The summed E-state index contributed by atoms with van der Waals surface area (Å²) in [4.78, 5) is 10.8. The molecule has 0 aromatic carbocycles. The summed E-state index contributed by atoms with van der Waals surface area (Å²) in [6, 6.07) is 0. The van der Waals surface area contributed by atoms with Gasteiger partial charge in [0.05, 0.1) is 17.4 Å². The van der Waals surface area contributed by atoms with Crippen LogP contribution in [0.25, 0.3) is 0 Å². The van der Waals surface area contributed by atoms with Gasteiger partial charge in [0.1, 0.15) is 0 Å². The number of hydrogen-bond donors (Lipinski definition) is 1. The van der Waals surface area contributed by atoms with Crippen LogP contribution in [0.4, 0.5) is 0 Å². The highest BCUT2D eigenvalue weighted by Crippen LogP contribution is 2.60. The Morgan fingerprint density at radius 1 is 1.00 bits per heavy atom. The van der Waals surface area contributed by atoms with Crippen LogP contribution in [0.5, 0.6) is 0 Å². The number of hydrogen-bond acceptors (Lipinski definition) is 3. The molecule has 84 valence electrons. The Kier molecular flexibility index (Phi) is 1.77. The highest BCUT2D eigenvalue weighted by atomic mass is 32.2. The summed E-state index contributed by atoms with van der Waals surface area (Å²) < 4.78 is 22.8. The zero-order valence-electron chi connectivity index (χ0n) is 8.30. The molecule has 0 spiro atoms. The van der Waals surface area contributed by atoms with Crippen LogP contribution in [0.3, 0.4) is 0 Å². The first-order chi connectivity index (χ1) is 6.98. The third kappa shape index (κ3) is 1.25. The van der Waals surface area contributed by atoms with Crippen molar-refractivity contribution in [2.45, 2.75) is 12.8 Å². The zero-order valence-corrected chi connectivity index (χ0v) is 9.11. The number of carboxylic acid groups (broad SMARTS) is 1. The summed E-state index contributed by atoms with van der Waals surface area (Å²) in [7, 11) is -2.81. The molecule has 1 saturated heterocycles. The molecule has 0 amide bonds. The summed E-state index contributed by atoms with van der Waals surface area (Å²) in [6.45, 7) is 0. The number of rotatable bonds is 1. The summed E-state index contributed by atoms with van der Waals surface area (Å²) in [5, 5.41) is 8.92. The van der Waals surface area contributed by atoms with E-state index in [1.165, 1.54) is 0 Å². The Bertz CT molecular complexity index is 387. The molecular formula is C10H14O4S. The van der Waals surface area contributed by atoms with Gasteiger partial charge in [0.25, 0.3) is 0 Å². The minimum Gasteiger partial charge on any atom is -0.481 e. The van der Waals surface area contributed by atoms with Gasteiger partial charge in [-0.3, -0.25) is 4.79 Å². The molecule has 0 aromatic heterocycles. The average Bonchev–Trinajstić information content (AvgIpc) is 2.62. The van der Waals surface area contributed by atoms with Gasteiger partial charge in [-0.05, 0) is 36.5 Å². The summed E-state index contributed by atoms with van der Waals surface area (Å²) >= 11 is 0. The van der Waals surface area contributed by atoms with Gasteiger partial charge in [-0.15, -0.1) is 0 Å². The number of carbonyl (C=O) groups is 1. The van der Waals surface area contributed by atoms with Crippen molar-refractivity contribution in [3.8, 4) is 0 Å². The number of sulfone groups is 1. The highest BCUT2D eigenvalue weighted by molar-refractivity contribution is 7.91. The zero-order chi connectivity index (χ0) is 10.8.